The molecule has 3 rings (SSSR count). The van der Waals surface area contributed by atoms with Crippen molar-refractivity contribution in [2.45, 2.75) is 6.54 Å². The molecule has 0 amide bonds. The fraction of sp³-hybridized carbons (Fsp3) is 0.278. The lowest BCUT2D eigenvalue weighted by Gasteiger charge is -2.19. The minimum absolute atomic E-state index is 0.0306. The van der Waals surface area contributed by atoms with Crippen LogP contribution in [-0.4, -0.2) is 38.3 Å². The number of fused-ring (bicyclic) bond motifs is 1. The molecule has 0 saturated carbocycles. The van der Waals surface area contributed by atoms with E-state index in [4.69, 9.17) is 18.9 Å². The Morgan fingerprint density at radius 2 is 1.68 bits per heavy atom. The molecule has 0 saturated heterocycles. The smallest absolute Gasteiger partial charge is 0.345 e. The number of methoxy groups -OCH3 is 4. The number of ether oxygens (including phenoxy) is 4. The maximum Gasteiger partial charge on any atom is 0.345 e. The van der Waals surface area contributed by atoms with Crippen molar-refractivity contribution in [3.8, 4) is 23.0 Å². The molecule has 1 heterocycles. The Hall–Kier alpha value is -3.27. The van der Waals surface area contributed by atoms with Gasteiger partial charge in [-0.05, 0) is 29.5 Å². The van der Waals surface area contributed by atoms with Crippen molar-refractivity contribution < 1.29 is 23.9 Å². The molecule has 0 bridgehead atoms. The van der Waals surface area contributed by atoms with Gasteiger partial charge < -0.3 is 24.3 Å². The van der Waals surface area contributed by atoms with Crippen LogP contribution in [0.2, 0.25) is 0 Å². The van der Waals surface area contributed by atoms with Gasteiger partial charge in [0, 0.05) is 12.1 Å². The van der Waals surface area contributed by atoms with Gasteiger partial charge in [-0.15, -0.1) is 0 Å². The number of nitro groups is 1. The molecule has 9 nitrogen and oxygen atoms in total. The molecule has 0 atom stereocenters. The highest BCUT2D eigenvalue weighted by atomic mass is 32.1. The normalized spacial score (nSPS) is 10.6. The third kappa shape index (κ3) is 3.46. The van der Waals surface area contributed by atoms with Gasteiger partial charge >= 0.3 is 5.00 Å². The molecule has 0 fully saturated rings. The molecule has 10 heteroatoms. The molecule has 0 aliphatic carbocycles. The maximum atomic E-state index is 10.8. The van der Waals surface area contributed by atoms with Crippen LogP contribution in [0.15, 0.2) is 24.4 Å². The van der Waals surface area contributed by atoms with Crippen LogP contribution in [0.1, 0.15) is 5.56 Å². The Labute approximate surface area is 165 Å². The second kappa shape index (κ2) is 8.17. The van der Waals surface area contributed by atoms with Gasteiger partial charge in [0.25, 0.3) is 0 Å². The number of rotatable bonds is 8. The number of nitrogens with zero attached hydrogens (tertiary/aromatic N) is 2. The van der Waals surface area contributed by atoms with Gasteiger partial charge in [-0.1, -0.05) is 0 Å². The van der Waals surface area contributed by atoms with Gasteiger partial charge in [0.15, 0.2) is 5.13 Å². The molecule has 1 aromatic heterocycles. The van der Waals surface area contributed by atoms with E-state index < -0.39 is 4.92 Å². The first-order chi connectivity index (χ1) is 13.5. The van der Waals surface area contributed by atoms with Gasteiger partial charge in [0.2, 0.25) is 0 Å². The molecular formula is C18H19N3O6S. The first-order valence-corrected chi connectivity index (χ1v) is 8.98. The van der Waals surface area contributed by atoms with Crippen molar-refractivity contribution in [1.82, 2.24) is 4.98 Å². The van der Waals surface area contributed by atoms with E-state index in [-0.39, 0.29) is 5.00 Å². The molecule has 3 aromatic rings. The monoisotopic (exact) mass is 405 g/mol. The maximum absolute atomic E-state index is 10.8. The predicted octanol–water partition coefficient (Wildman–Crippen LogP) is 3.85. The molecule has 0 spiro atoms. The number of aromatic nitrogens is 1. The van der Waals surface area contributed by atoms with E-state index in [1.165, 1.54) is 6.20 Å². The average Bonchev–Trinajstić information content (AvgIpc) is 3.19. The molecule has 0 aliphatic rings. The van der Waals surface area contributed by atoms with E-state index >= 15 is 0 Å². The van der Waals surface area contributed by atoms with Gasteiger partial charge in [-0.25, -0.2) is 4.98 Å². The van der Waals surface area contributed by atoms with Crippen molar-refractivity contribution in [3.05, 3.63) is 40.1 Å². The molecule has 148 valence electrons. The van der Waals surface area contributed by atoms with Gasteiger partial charge in [-0.3, -0.25) is 10.1 Å². The van der Waals surface area contributed by atoms with E-state index in [9.17, 15) is 10.1 Å². The Bertz CT molecular complexity index is 1020. The van der Waals surface area contributed by atoms with Crippen molar-refractivity contribution in [2.75, 3.05) is 33.8 Å². The minimum Gasteiger partial charge on any atom is -0.496 e. The standard InChI is InChI=1S/C18H19N3O6S/c1-24-11-5-6-12(25-2)16-15(11)13(26-3)7-10(17(16)27-4)8-19-18-20-9-14(28-18)21(22)23/h5-7,9H,8H2,1-4H3,(H,19,20). The van der Waals surface area contributed by atoms with Crippen molar-refractivity contribution >= 4 is 32.2 Å². The summed E-state index contributed by atoms with van der Waals surface area (Å²) in [7, 11) is 6.30. The summed E-state index contributed by atoms with van der Waals surface area (Å²) >= 11 is 0.963. The number of thiazole rings is 1. The number of nitrogens with one attached hydrogen (secondary N) is 1. The van der Waals surface area contributed by atoms with Crippen LogP contribution in [0.3, 0.4) is 0 Å². The number of hydrogen-bond donors (Lipinski definition) is 1. The molecular weight excluding hydrogens is 386 g/mol. The van der Waals surface area contributed by atoms with E-state index in [1.54, 1.807) is 40.6 Å². The zero-order chi connectivity index (χ0) is 20.3. The molecule has 2 aromatic carbocycles. The van der Waals surface area contributed by atoms with E-state index in [0.717, 1.165) is 22.3 Å². The highest BCUT2D eigenvalue weighted by Crippen LogP contribution is 2.46. The topological polar surface area (TPSA) is 105 Å². The highest BCUT2D eigenvalue weighted by Gasteiger charge is 2.21. The fourth-order valence-corrected chi connectivity index (χ4v) is 3.59. The summed E-state index contributed by atoms with van der Waals surface area (Å²) in [4.78, 5) is 14.4. The zero-order valence-corrected chi connectivity index (χ0v) is 16.6. The van der Waals surface area contributed by atoms with E-state index in [2.05, 4.69) is 10.3 Å². The summed E-state index contributed by atoms with van der Waals surface area (Å²) in [6, 6.07) is 5.43. The lowest BCUT2D eigenvalue weighted by atomic mass is 10.0. The summed E-state index contributed by atoms with van der Waals surface area (Å²) in [5.41, 5.74) is 0.774. The van der Waals surface area contributed by atoms with E-state index in [1.807, 2.05) is 6.07 Å². The third-order valence-electron chi connectivity index (χ3n) is 4.17. The lowest BCUT2D eigenvalue weighted by molar-refractivity contribution is -0.380. The molecule has 1 N–H and O–H groups in total. The first kappa shape index (κ1) is 19.5. The molecule has 0 unspecified atom stereocenters. The van der Waals surface area contributed by atoms with Crippen LogP contribution < -0.4 is 24.3 Å². The minimum atomic E-state index is -0.473. The summed E-state index contributed by atoms with van der Waals surface area (Å²) < 4.78 is 22.3. The second-order valence-corrected chi connectivity index (χ2v) is 6.61. The Morgan fingerprint density at radius 1 is 1.04 bits per heavy atom. The SMILES string of the molecule is COc1ccc(OC)c2c(OC)c(CNc3ncc([N+](=O)[O-])s3)cc(OC)c12. The van der Waals surface area contributed by atoms with Crippen molar-refractivity contribution in [3.63, 3.8) is 0 Å². The number of hydrogen-bond acceptors (Lipinski definition) is 9. The van der Waals surface area contributed by atoms with Crippen LogP contribution in [-0.2, 0) is 6.54 Å². The largest absolute Gasteiger partial charge is 0.496 e. The average molecular weight is 405 g/mol. The second-order valence-electron chi connectivity index (χ2n) is 5.61. The predicted molar refractivity (Wildman–Crippen MR) is 106 cm³/mol. The van der Waals surface area contributed by atoms with Crippen LogP contribution in [0.4, 0.5) is 10.1 Å². The molecule has 28 heavy (non-hydrogen) atoms. The van der Waals surface area contributed by atoms with Gasteiger partial charge in [0.1, 0.15) is 29.2 Å². The third-order valence-corrected chi connectivity index (χ3v) is 5.07. The van der Waals surface area contributed by atoms with Gasteiger partial charge in [0.05, 0.1) is 44.1 Å². The van der Waals surface area contributed by atoms with Gasteiger partial charge in [-0.2, -0.15) is 0 Å². The molecule has 0 radical (unpaired) electrons. The fourth-order valence-electron chi connectivity index (χ4n) is 2.96. The van der Waals surface area contributed by atoms with Crippen LogP contribution in [0, 0.1) is 10.1 Å². The first-order valence-electron chi connectivity index (χ1n) is 8.16. The Balaban J connectivity index is 2.10. The number of benzene rings is 2. The summed E-state index contributed by atoms with van der Waals surface area (Å²) in [5.74, 6) is 2.41. The highest BCUT2D eigenvalue weighted by molar-refractivity contribution is 7.18. The Morgan fingerprint density at radius 3 is 2.21 bits per heavy atom. The summed E-state index contributed by atoms with van der Waals surface area (Å²) in [6.45, 7) is 0.320. The van der Waals surface area contributed by atoms with Crippen LogP contribution in [0.25, 0.3) is 10.8 Å². The quantitative estimate of drug-likeness (QED) is 0.445. The van der Waals surface area contributed by atoms with Crippen molar-refractivity contribution in [2.24, 2.45) is 0 Å². The number of anilines is 1. The zero-order valence-electron chi connectivity index (χ0n) is 15.8. The van der Waals surface area contributed by atoms with Crippen LogP contribution >= 0.6 is 11.3 Å². The molecule has 0 aliphatic heterocycles. The van der Waals surface area contributed by atoms with Crippen LogP contribution in [0.5, 0.6) is 23.0 Å². The Kier molecular flexibility index (Phi) is 5.69. The lowest BCUT2D eigenvalue weighted by Crippen LogP contribution is -2.04. The summed E-state index contributed by atoms with van der Waals surface area (Å²) in [5, 5.41) is 15.8. The van der Waals surface area contributed by atoms with Crippen molar-refractivity contribution in [1.29, 1.82) is 0 Å². The summed E-state index contributed by atoms with van der Waals surface area (Å²) in [6.07, 6.45) is 1.22. The van der Waals surface area contributed by atoms with E-state index in [0.29, 0.717) is 40.1 Å².